The van der Waals surface area contributed by atoms with E-state index in [9.17, 15) is 31.6 Å². The summed E-state index contributed by atoms with van der Waals surface area (Å²) in [6, 6.07) is 28.1. The van der Waals surface area contributed by atoms with Crippen LogP contribution in [0.1, 0.15) is 83.5 Å². The number of ether oxygens (including phenoxy) is 4. The number of aromatic nitrogens is 16. The largest absolute Gasteiger partial charge is 0.495 e. The number of carbonyl (C=O) groups excluding carboxylic acids is 3. The number of hydrogen-bond acceptors (Lipinski definition) is 40. The van der Waals surface area contributed by atoms with Gasteiger partial charge in [0, 0.05) is 96.0 Å². The lowest BCUT2D eigenvalue weighted by Crippen LogP contribution is -2.20. The molecule has 18 aromatic rings. The minimum atomic E-state index is -4.03. The first-order chi connectivity index (χ1) is 65.5. The van der Waals surface area contributed by atoms with E-state index in [0.29, 0.717) is 67.0 Å². The number of alkyl halides is 2. The zero-order valence-electron chi connectivity index (χ0n) is 75.5. The number of fused-ring (bicyclic) bond motifs is 1. The maximum atomic E-state index is 13.3. The summed E-state index contributed by atoms with van der Waals surface area (Å²) >= 11 is 14.7. The Labute approximate surface area is 824 Å². The van der Waals surface area contributed by atoms with Gasteiger partial charge in [0.25, 0.3) is 0 Å². The molecule has 137 heavy (non-hydrogen) atoms. The summed E-state index contributed by atoms with van der Waals surface area (Å²) < 4.78 is 73.1. The highest BCUT2D eigenvalue weighted by Crippen LogP contribution is 2.44. The zero-order chi connectivity index (χ0) is 97.5. The second kappa shape index (κ2) is 44.3. The maximum absolute atomic E-state index is 13.3. The van der Waals surface area contributed by atoms with Gasteiger partial charge in [0.1, 0.15) is 22.9 Å². The van der Waals surface area contributed by atoms with Crippen LogP contribution in [0.3, 0.4) is 0 Å². The number of imidazole rings is 1. The molecule has 0 saturated heterocycles. The molecule has 12 N–H and O–H groups in total. The van der Waals surface area contributed by atoms with Crippen molar-refractivity contribution in [1.29, 1.82) is 0 Å². The van der Waals surface area contributed by atoms with Gasteiger partial charge in [0.15, 0.2) is 46.9 Å². The number of nitrogens with two attached hydrogens (primary N) is 2. The van der Waals surface area contributed by atoms with E-state index in [4.69, 9.17) is 35.1 Å². The quantitative estimate of drug-likeness (QED) is 0.0218. The molecule has 4 aromatic carbocycles. The number of para-hydroxylation sites is 1. The SMILES string of the molecule is CC(=O)Nc1nc(C)c(-c2csc(Nc3cccc4cccnc34)n2)s1.COc1ccc(-c2cncn2C)cc1Nc1nc(-c2sc(C)nc2C)cs1.COc1ncccc1Nc1nc(-c2sc(NC(C)=O)nc2C)cs1.Cc1nc(C)c(-c2csc(Nc3cc(S(N)(=O)=O)ccc3OC(C)(F)F)n2)s1.Cc1nc(Nc2cnccn2)sc1-c1csc(Nc2cc(C(N)=O)ccc2OC(C)C)n1. The standard InChI is InChI=1S/C21H21N7O2S2.C19H19N5OS2.C18H15N5OS2.C16H16F2N4O3S3.C15H15N5O2S2/c1-11(2)30-16-5-4-13(19(22)29)8-14(16)26-20-27-15(10-31-20)18-12(3)25-21(32-18)28-17-9-23-6-7-24-17;1-11-18(27-12(2)21-11)15-9-26-19(23-15)22-14-7-13(5-6-17(14)25-4)16-8-20-10-24(16)3;1-10-16(26-18(20-10)21-11(2)24)14-9-25-17(23-14)22-13-7-3-5-12-6-4-8-19-15(12)13;1-8-14(27-9(2)20-8)12-7-26-15(22-12)21-11-6-10(28(19,23)24)4-5-13(11)25-16(3,17)18;1-8-12(24-15(17-8)18-9(2)21)11-7-23-14(20-11)19-10-5-4-6-16-13(10)22-3/h4-11H,1-3H3,(H2,22,29)(H,26,27)(H,24,25,28);5-10H,1-4H3,(H,22,23);3-9H,1-2H3,(H,22,23)(H,20,21,24);4-7H,1-3H3,(H,21,22)(H2,19,23,24);4-7H,1-3H3,(H,19,20)(H,17,18,21). The van der Waals surface area contributed by atoms with Gasteiger partial charge in [-0.3, -0.25) is 24.4 Å². The minimum Gasteiger partial charge on any atom is -0.495 e. The summed E-state index contributed by atoms with van der Waals surface area (Å²) in [5.74, 6) is 1.51. The minimum absolute atomic E-state index is 0.00570. The van der Waals surface area contributed by atoms with E-state index in [2.05, 4.69) is 124 Å². The van der Waals surface area contributed by atoms with Gasteiger partial charge < -0.3 is 71.8 Å². The maximum Gasteiger partial charge on any atom is 0.394 e. The van der Waals surface area contributed by atoms with Crippen molar-refractivity contribution < 1.29 is 50.5 Å². The number of carbonyl (C=O) groups is 3. The third-order valence-corrected chi connectivity index (χ3v) is 28.7. The Balaban J connectivity index is 0.000000137. The number of amides is 3. The second-order valence-electron chi connectivity index (χ2n) is 29.6. The van der Waals surface area contributed by atoms with Gasteiger partial charge in [-0.15, -0.1) is 79.4 Å². The fraction of sp³-hybridized carbons (Fsp3) is 0.191. The first-order valence-corrected chi connectivity index (χ1v) is 50.9. The number of benzene rings is 4. The average Bonchev–Trinajstić information content (AvgIpc) is 1.76. The summed E-state index contributed by atoms with van der Waals surface area (Å²) in [7, 11) is 1.20. The van der Waals surface area contributed by atoms with Gasteiger partial charge in [-0.1, -0.05) is 52.2 Å². The Hall–Kier alpha value is -13.8. The molecule has 3 amide bonds. The van der Waals surface area contributed by atoms with Gasteiger partial charge >= 0.3 is 6.11 Å². The van der Waals surface area contributed by atoms with Crippen LogP contribution < -0.4 is 72.4 Å². The molecule has 0 saturated carbocycles. The molecule has 18 rings (SSSR count). The number of aryl methyl sites for hydroxylation is 8. The molecular formula is C89H86F2N26O9S11. The van der Waals surface area contributed by atoms with Crippen LogP contribution >= 0.6 is 113 Å². The van der Waals surface area contributed by atoms with Crippen molar-refractivity contribution in [2.24, 2.45) is 17.9 Å². The van der Waals surface area contributed by atoms with E-state index in [1.54, 1.807) is 97.8 Å². The molecule has 35 nitrogen and oxygen atoms in total. The van der Waals surface area contributed by atoms with Crippen LogP contribution in [0.25, 0.3) is 75.0 Å². The highest BCUT2D eigenvalue weighted by atomic mass is 32.2. The first-order valence-electron chi connectivity index (χ1n) is 40.9. The number of pyridine rings is 2. The third-order valence-electron chi connectivity index (χ3n) is 18.6. The van der Waals surface area contributed by atoms with Crippen molar-refractivity contribution in [2.45, 2.75) is 100 Å². The van der Waals surface area contributed by atoms with E-state index in [-0.39, 0.29) is 34.3 Å². The normalized spacial score (nSPS) is 11.1. The number of thiazole rings is 10. The number of anilines is 14. The number of sulfonamides is 1. The Bertz CT molecular complexity index is 7440. The summed E-state index contributed by atoms with van der Waals surface area (Å²) in [5.41, 5.74) is 20.5. The van der Waals surface area contributed by atoms with E-state index in [0.717, 1.165) is 164 Å². The van der Waals surface area contributed by atoms with Gasteiger partial charge in [0.2, 0.25) is 33.6 Å². The third kappa shape index (κ3) is 26.3. The molecule has 0 spiro atoms. The highest BCUT2D eigenvalue weighted by molar-refractivity contribution is 7.89. The fourth-order valence-corrected chi connectivity index (χ4v) is 21.9. The van der Waals surface area contributed by atoms with Crippen LogP contribution in [0.2, 0.25) is 0 Å². The number of rotatable bonds is 28. The Morgan fingerprint density at radius 3 is 1.39 bits per heavy atom. The molecule has 0 fully saturated rings. The van der Waals surface area contributed by atoms with Crippen LogP contribution in [0.5, 0.6) is 23.1 Å². The van der Waals surface area contributed by atoms with Gasteiger partial charge in [-0.2, -0.15) is 8.78 Å². The number of halogens is 2. The molecule has 0 radical (unpaired) electrons. The number of hydrogen-bond donors (Lipinski definition) is 10. The monoisotopic (exact) mass is 2050 g/mol. The van der Waals surface area contributed by atoms with Crippen LogP contribution in [0, 0.1) is 48.5 Å². The lowest BCUT2D eigenvalue weighted by Gasteiger charge is -2.17. The summed E-state index contributed by atoms with van der Waals surface area (Å²) in [4.78, 5) is 105. The van der Waals surface area contributed by atoms with Crippen molar-refractivity contribution in [3.63, 3.8) is 0 Å². The molecule has 0 bridgehead atoms. The van der Waals surface area contributed by atoms with Gasteiger partial charge in [-0.05, 0) is 141 Å². The van der Waals surface area contributed by atoms with E-state index in [1.165, 1.54) is 105 Å². The Kier molecular flexibility index (Phi) is 32.1. The van der Waals surface area contributed by atoms with Crippen molar-refractivity contribution in [1.82, 2.24) is 79.3 Å². The molecule has 0 atom stereocenters. The molecule has 48 heteroatoms. The highest BCUT2D eigenvalue weighted by Gasteiger charge is 2.28. The summed E-state index contributed by atoms with van der Waals surface area (Å²) in [5, 5.41) is 47.8. The second-order valence-corrected chi connectivity index (χ2v) is 40.8. The van der Waals surface area contributed by atoms with E-state index < -0.39 is 22.0 Å². The number of primary amides is 1. The molecule has 706 valence electrons. The first kappa shape index (κ1) is 99.2. The Morgan fingerprint density at radius 2 is 0.927 bits per heavy atom. The zero-order valence-corrected chi connectivity index (χ0v) is 84.5. The van der Waals surface area contributed by atoms with Crippen LogP contribution in [0.4, 0.5) is 84.1 Å². The average molecular weight is 2050 g/mol. The lowest BCUT2D eigenvalue weighted by atomic mass is 10.1. The predicted molar refractivity (Wildman–Crippen MR) is 547 cm³/mol. The molecule has 0 aliphatic carbocycles. The molecule has 0 aliphatic heterocycles. The van der Waals surface area contributed by atoms with E-state index in [1.807, 2.05) is 151 Å². The number of nitrogens with zero attached hydrogens (tertiary/aromatic N) is 16. The molecule has 0 unspecified atom stereocenters. The summed E-state index contributed by atoms with van der Waals surface area (Å²) in [6.07, 6.45) is 8.48. The van der Waals surface area contributed by atoms with Crippen LogP contribution in [-0.4, -0.2) is 132 Å². The fourth-order valence-electron chi connectivity index (χ4n) is 12.8. The number of primary sulfonamides is 1. The topological polar surface area (TPSA) is 469 Å². The van der Waals surface area contributed by atoms with Crippen LogP contribution in [0.15, 0.2) is 172 Å². The smallest absolute Gasteiger partial charge is 0.394 e. The van der Waals surface area contributed by atoms with Crippen molar-refractivity contribution >= 4 is 227 Å². The van der Waals surface area contributed by atoms with Gasteiger partial charge in [-0.25, -0.2) is 78.3 Å². The van der Waals surface area contributed by atoms with Crippen molar-refractivity contribution in [2.75, 3.05) is 56.8 Å². The molecule has 0 aliphatic rings. The van der Waals surface area contributed by atoms with Gasteiger partial charge in [0.05, 0.1) is 169 Å². The van der Waals surface area contributed by atoms with Crippen molar-refractivity contribution in [3.8, 4) is 87.2 Å². The lowest BCUT2D eigenvalue weighted by molar-refractivity contribution is -0.158. The Morgan fingerprint density at radius 1 is 0.467 bits per heavy atom. The molecule has 14 aromatic heterocycles. The van der Waals surface area contributed by atoms with E-state index >= 15 is 0 Å². The summed E-state index contributed by atoms with van der Waals surface area (Å²) in [6.45, 7) is 20.9. The predicted octanol–water partition coefficient (Wildman–Crippen LogP) is 22.5. The number of methoxy groups -OCH3 is 2. The molecule has 14 heterocycles. The van der Waals surface area contributed by atoms with Crippen molar-refractivity contribution in [3.05, 3.63) is 212 Å². The van der Waals surface area contributed by atoms with Crippen LogP contribution in [-0.2, 0) is 26.7 Å². The molecular weight excluding hydrogens is 1970 g/mol. The number of nitrogens with one attached hydrogen (secondary N) is 8.